The molecule has 7 aromatic rings. The van der Waals surface area contributed by atoms with Crippen LogP contribution in [0.5, 0.6) is 0 Å². The van der Waals surface area contributed by atoms with Gasteiger partial charge in [-0.2, -0.15) is 0 Å². The number of aromatic nitrogens is 3. The van der Waals surface area contributed by atoms with Crippen molar-refractivity contribution in [2.75, 3.05) is 0 Å². The van der Waals surface area contributed by atoms with Crippen molar-refractivity contribution in [3.05, 3.63) is 134 Å². The fourth-order valence-electron chi connectivity index (χ4n) is 5.03. The van der Waals surface area contributed by atoms with Crippen LogP contribution in [0.15, 0.2) is 127 Å². The van der Waals surface area contributed by atoms with Gasteiger partial charge < -0.3 is 4.57 Å². The molecule has 0 spiro atoms. The van der Waals surface area contributed by atoms with Crippen molar-refractivity contribution in [3.8, 4) is 17.1 Å². The van der Waals surface area contributed by atoms with Crippen LogP contribution in [0.1, 0.15) is 0 Å². The summed E-state index contributed by atoms with van der Waals surface area (Å²) in [5, 5.41) is 2.52. The molecule has 3 heteroatoms. The molecule has 0 aliphatic heterocycles. The Bertz CT molecular complexity index is 1750. The van der Waals surface area contributed by atoms with E-state index in [0.29, 0.717) is 0 Å². The van der Waals surface area contributed by atoms with E-state index in [4.69, 9.17) is 0 Å². The number of nitrogens with zero attached hydrogens (tertiary/aromatic N) is 3. The van der Waals surface area contributed by atoms with Gasteiger partial charge in [-0.3, -0.25) is 9.13 Å². The first kappa shape index (κ1) is 18.9. The van der Waals surface area contributed by atoms with E-state index < -0.39 is 0 Å². The van der Waals surface area contributed by atoms with Crippen molar-refractivity contribution < 1.29 is 4.57 Å². The van der Waals surface area contributed by atoms with Crippen molar-refractivity contribution in [3.63, 3.8) is 0 Å². The third kappa shape index (κ3) is 2.74. The van der Waals surface area contributed by atoms with E-state index in [0.717, 1.165) is 28.1 Å². The monoisotopic (exact) mass is 435 g/mol. The van der Waals surface area contributed by atoms with Crippen LogP contribution in [0.25, 0.3) is 49.9 Å². The number of rotatable bonds is 3. The molecule has 0 bridgehead atoms. The van der Waals surface area contributed by atoms with Gasteiger partial charge in [-0.25, -0.2) is 0 Å². The van der Waals surface area contributed by atoms with Crippen molar-refractivity contribution in [1.29, 1.82) is 0 Å². The normalized spacial score (nSPS) is 11.5. The molecule has 0 aliphatic carbocycles. The molecule has 3 nitrogen and oxygen atoms in total. The molecule has 0 N–H and O–H groups in total. The number of fused-ring (bicyclic) bond motifs is 4. The molecule has 5 aromatic carbocycles. The van der Waals surface area contributed by atoms with Crippen LogP contribution in [0.4, 0.5) is 0 Å². The summed E-state index contributed by atoms with van der Waals surface area (Å²) in [5.74, 6) is 0. The molecule has 0 unspecified atom stereocenters. The van der Waals surface area contributed by atoms with Crippen LogP contribution in [0, 0.1) is 6.33 Å². The van der Waals surface area contributed by atoms with E-state index in [-0.39, 0.29) is 0 Å². The first-order valence-corrected chi connectivity index (χ1v) is 11.5. The number of imidazole rings is 1. The summed E-state index contributed by atoms with van der Waals surface area (Å²) >= 11 is 0. The smallest absolute Gasteiger partial charge is 0.269 e. The Morgan fingerprint density at radius 3 is 1.79 bits per heavy atom. The summed E-state index contributed by atoms with van der Waals surface area (Å²) in [5.41, 5.74) is 7.92. The predicted octanol–water partition coefficient (Wildman–Crippen LogP) is 6.80. The van der Waals surface area contributed by atoms with Crippen molar-refractivity contribution in [2.45, 2.75) is 0 Å². The average molecular weight is 436 g/mol. The summed E-state index contributed by atoms with van der Waals surface area (Å²) in [6.45, 7) is 0. The summed E-state index contributed by atoms with van der Waals surface area (Å²) in [7, 11) is 0. The molecule has 0 fully saturated rings. The molecule has 2 aromatic heterocycles. The van der Waals surface area contributed by atoms with Gasteiger partial charge in [0.05, 0.1) is 39.1 Å². The maximum atomic E-state index is 3.64. The zero-order chi connectivity index (χ0) is 22.5. The van der Waals surface area contributed by atoms with Crippen LogP contribution < -0.4 is 4.57 Å². The first-order chi connectivity index (χ1) is 16.9. The van der Waals surface area contributed by atoms with Gasteiger partial charge in [0.1, 0.15) is 0 Å². The summed E-state index contributed by atoms with van der Waals surface area (Å²) in [4.78, 5) is 0. The Morgan fingerprint density at radius 2 is 1.06 bits per heavy atom. The van der Waals surface area contributed by atoms with Gasteiger partial charge in [-0.15, -0.1) is 0 Å². The fraction of sp³-hybridized carbons (Fsp3) is 0. The van der Waals surface area contributed by atoms with Crippen molar-refractivity contribution in [1.82, 2.24) is 9.13 Å². The van der Waals surface area contributed by atoms with Crippen LogP contribution in [-0.4, -0.2) is 9.13 Å². The van der Waals surface area contributed by atoms with E-state index in [1.807, 2.05) is 6.07 Å². The lowest BCUT2D eigenvalue weighted by atomic mass is 10.2. The Labute approximate surface area is 197 Å². The highest BCUT2D eigenvalue weighted by atomic mass is 15.2. The number of hydrogen-bond donors (Lipinski definition) is 0. The largest absolute Gasteiger partial charge is 0.312 e. The summed E-state index contributed by atoms with van der Waals surface area (Å²) in [6, 6.07) is 44.7. The van der Waals surface area contributed by atoms with E-state index in [9.17, 15) is 0 Å². The molecule has 0 atom stereocenters. The van der Waals surface area contributed by atoms with Gasteiger partial charge in [0.25, 0.3) is 6.33 Å². The van der Waals surface area contributed by atoms with Crippen LogP contribution in [0.2, 0.25) is 0 Å². The third-order valence-electron chi connectivity index (χ3n) is 6.52. The van der Waals surface area contributed by atoms with Gasteiger partial charge in [0, 0.05) is 10.8 Å². The maximum Gasteiger partial charge on any atom is 0.269 e. The number of hydrogen-bond acceptors (Lipinski definition) is 0. The molecular formula is C31H21N3. The van der Waals surface area contributed by atoms with E-state index in [1.165, 1.54) is 21.8 Å². The van der Waals surface area contributed by atoms with E-state index >= 15 is 0 Å². The summed E-state index contributed by atoms with van der Waals surface area (Å²) in [6.07, 6.45) is 3.64. The van der Waals surface area contributed by atoms with Crippen LogP contribution >= 0.6 is 0 Å². The Hall–Kier alpha value is -4.63. The highest BCUT2D eigenvalue weighted by Gasteiger charge is 2.18. The molecule has 0 amide bonds. The molecule has 0 aliphatic rings. The maximum absolute atomic E-state index is 3.64. The molecule has 7 rings (SSSR count). The quantitative estimate of drug-likeness (QED) is 0.214. The highest BCUT2D eigenvalue weighted by Crippen LogP contribution is 2.33. The summed E-state index contributed by atoms with van der Waals surface area (Å²) < 4.78 is 6.69. The number of para-hydroxylation sites is 7. The van der Waals surface area contributed by atoms with E-state index in [2.05, 4.69) is 141 Å². The van der Waals surface area contributed by atoms with Gasteiger partial charge in [-0.1, -0.05) is 91.0 Å². The second kappa shape index (κ2) is 7.46. The Balaban J connectivity index is 1.56. The molecule has 0 saturated heterocycles. The third-order valence-corrected chi connectivity index (χ3v) is 6.52. The SMILES string of the molecule is [c-]1n(-c2ccccc2)c2ccccc2[n+]1-c1ccccc1-n1c2ccccc2c2ccccc21. The van der Waals surface area contributed by atoms with Gasteiger partial charge in [0.2, 0.25) is 0 Å². The molecule has 160 valence electrons. The highest BCUT2D eigenvalue weighted by molar-refractivity contribution is 6.09. The van der Waals surface area contributed by atoms with Gasteiger partial charge in [0.15, 0.2) is 0 Å². The second-order valence-corrected chi connectivity index (χ2v) is 8.45. The Kier molecular flexibility index (Phi) is 4.15. The average Bonchev–Trinajstić information content (AvgIpc) is 3.46. The molecular weight excluding hydrogens is 414 g/mol. The van der Waals surface area contributed by atoms with Crippen LogP contribution in [0.3, 0.4) is 0 Å². The minimum Gasteiger partial charge on any atom is -0.312 e. The van der Waals surface area contributed by atoms with Crippen molar-refractivity contribution in [2.24, 2.45) is 0 Å². The zero-order valence-electron chi connectivity index (χ0n) is 18.5. The lowest BCUT2D eigenvalue weighted by Crippen LogP contribution is -2.31. The minimum atomic E-state index is 1.08. The lowest BCUT2D eigenvalue weighted by molar-refractivity contribution is -0.572. The van der Waals surface area contributed by atoms with Crippen LogP contribution in [-0.2, 0) is 0 Å². The lowest BCUT2D eigenvalue weighted by Gasteiger charge is -2.14. The zero-order valence-corrected chi connectivity index (χ0v) is 18.5. The molecule has 34 heavy (non-hydrogen) atoms. The fourth-order valence-corrected chi connectivity index (χ4v) is 5.03. The molecule has 0 radical (unpaired) electrons. The first-order valence-electron chi connectivity index (χ1n) is 11.5. The van der Waals surface area contributed by atoms with Gasteiger partial charge in [-0.05, 0) is 36.4 Å². The van der Waals surface area contributed by atoms with E-state index in [1.54, 1.807) is 0 Å². The van der Waals surface area contributed by atoms with Crippen molar-refractivity contribution >= 4 is 32.8 Å². The minimum absolute atomic E-state index is 1.08. The topological polar surface area (TPSA) is 13.7 Å². The van der Waals surface area contributed by atoms with Gasteiger partial charge >= 0.3 is 0 Å². The second-order valence-electron chi connectivity index (χ2n) is 8.45. The molecule has 2 heterocycles. The Morgan fingerprint density at radius 1 is 0.500 bits per heavy atom. The standard InChI is InChI=1S/C31H21N3/c1-2-12-23(13-3-1)32-22-33(29-19-9-8-18-28(29)32)30-20-10-11-21-31(30)34-26-16-6-4-14-24(26)25-15-5-7-17-27(25)34/h1-21H. The molecule has 0 saturated carbocycles. The number of benzene rings is 5. The predicted molar refractivity (Wildman–Crippen MR) is 138 cm³/mol.